The molecule has 218 valence electrons. The van der Waals surface area contributed by atoms with Crippen LogP contribution in [0.3, 0.4) is 0 Å². The maximum absolute atomic E-state index is 4.20. The summed E-state index contributed by atoms with van der Waals surface area (Å²) in [6.07, 6.45) is 10.7. The van der Waals surface area contributed by atoms with Crippen molar-refractivity contribution in [1.82, 2.24) is 0 Å². The highest BCUT2D eigenvalue weighted by Crippen LogP contribution is 2.26. The fraction of sp³-hybridized carbons (Fsp3) is 0.538. The van der Waals surface area contributed by atoms with E-state index in [0.29, 0.717) is 11.3 Å². The van der Waals surface area contributed by atoms with Crippen molar-refractivity contribution in [2.24, 2.45) is 11.3 Å². The average Bonchev–Trinajstić information content (AvgIpc) is 2.88. The molecule has 0 spiro atoms. The monoisotopic (exact) mass is 530 g/mol. The van der Waals surface area contributed by atoms with Gasteiger partial charge < -0.3 is 0 Å². The first-order chi connectivity index (χ1) is 18.2. The van der Waals surface area contributed by atoms with Gasteiger partial charge in [0.15, 0.2) is 0 Å². The van der Waals surface area contributed by atoms with E-state index >= 15 is 0 Å². The highest BCUT2D eigenvalue weighted by molar-refractivity contribution is 5.65. The molecule has 2 aromatic carbocycles. The van der Waals surface area contributed by atoms with Gasteiger partial charge in [-0.2, -0.15) is 0 Å². The second-order valence-electron chi connectivity index (χ2n) is 12.7. The lowest BCUT2D eigenvalue weighted by atomic mass is 9.86. The van der Waals surface area contributed by atoms with Crippen LogP contribution < -0.4 is 0 Å². The van der Waals surface area contributed by atoms with Gasteiger partial charge in [-0.25, -0.2) is 0 Å². The normalized spacial score (nSPS) is 11.4. The highest BCUT2D eigenvalue weighted by atomic mass is 14.2. The van der Waals surface area contributed by atoms with Crippen molar-refractivity contribution in [2.45, 2.75) is 127 Å². The van der Waals surface area contributed by atoms with Gasteiger partial charge in [-0.3, -0.25) is 0 Å². The van der Waals surface area contributed by atoms with Crippen LogP contribution in [-0.2, 0) is 19.3 Å². The molecule has 1 unspecified atom stereocenters. The van der Waals surface area contributed by atoms with E-state index in [0.717, 1.165) is 25.7 Å². The first-order valence-electron chi connectivity index (χ1n) is 15.3. The van der Waals surface area contributed by atoms with Gasteiger partial charge in [0, 0.05) is 0 Å². The smallest absolute Gasteiger partial charge is 0.0198 e. The Bertz CT molecular complexity index is 995. The lowest BCUT2D eigenvalue weighted by molar-refractivity contribution is 0.398. The Labute approximate surface area is 244 Å². The molecule has 0 aliphatic rings. The molecule has 0 saturated carbocycles. The van der Waals surface area contributed by atoms with Crippen molar-refractivity contribution in [3.8, 4) is 0 Å². The molecule has 0 heterocycles. The minimum absolute atomic E-state index is 0.542. The van der Waals surface area contributed by atoms with E-state index < -0.39 is 0 Å². The molecule has 1 atom stereocenters. The first kappa shape index (κ1) is 36.7. The van der Waals surface area contributed by atoms with E-state index in [1.165, 1.54) is 76.6 Å². The number of aryl methyl sites for hydroxylation is 3. The Morgan fingerprint density at radius 3 is 1.87 bits per heavy atom. The summed E-state index contributed by atoms with van der Waals surface area (Å²) in [4.78, 5) is 0. The molecule has 0 bridgehead atoms. The molecular formula is C39H62. The molecule has 0 aliphatic heterocycles. The standard InChI is InChI=1S/C28H38.C6H14.C5H10/c1-7-26-17-16-25(20-28(26)22(4)5)19-24(13-10-11-21(2)3)15-18-27-14-9-8-12-23(27)6;1-5-6(2,3)4;1-4-5(2)3/h8-9,12,14,16-17,20,24H,2,4,7,10-11,13,15,18-19H2,1,3,5-6H3;5H2,1-4H3;2,4H2,1,3H3. The molecule has 0 fully saturated rings. The van der Waals surface area contributed by atoms with Crippen molar-refractivity contribution in [3.63, 3.8) is 0 Å². The Hall–Kier alpha value is -2.34. The van der Waals surface area contributed by atoms with Gasteiger partial charge >= 0.3 is 0 Å². The third-order valence-corrected chi connectivity index (χ3v) is 7.50. The summed E-state index contributed by atoms with van der Waals surface area (Å²) in [5.74, 6) is 0.712. The number of hydrogen-bond donors (Lipinski definition) is 0. The molecule has 0 aromatic heterocycles. The van der Waals surface area contributed by atoms with Gasteiger partial charge in [0.2, 0.25) is 0 Å². The molecule has 0 nitrogen and oxygen atoms in total. The SMILES string of the molecule is C=C(C)CC.C=C(C)CCCC(CCc1ccccc1C)Cc1ccc(CC)c(C(=C)C)c1.CCC(C)(C)C. The molecule has 2 aromatic rings. The van der Waals surface area contributed by atoms with E-state index in [1.54, 1.807) is 0 Å². The zero-order chi connectivity index (χ0) is 30.0. The first-order valence-corrected chi connectivity index (χ1v) is 15.3. The van der Waals surface area contributed by atoms with Gasteiger partial charge in [0.1, 0.15) is 0 Å². The van der Waals surface area contributed by atoms with Crippen LogP contribution in [0.5, 0.6) is 0 Å². The predicted molar refractivity (Wildman–Crippen MR) is 181 cm³/mol. The largest absolute Gasteiger partial charge is 0.100 e. The molecule has 0 aliphatic carbocycles. The van der Waals surface area contributed by atoms with E-state index in [-0.39, 0.29) is 0 Å². The van der Waals surface area contributed by atoms with Gasteiger partial charge in [0.05, 0.1) is 0 Å². The summed E-state index contributed by atoms with van der Waals surface area (Å²) in [5, 5.41) is 0. The third kappa shape index (κ3) is 17.8. The van der Waals surface area contributed by atoms with Gasteiger partial charge in [-0.1, -0.05) is 114 Å². The number of hydrogen-bond acceptors (Lipinski definition) is 0. The van der Waals surface area contributed by atoms with Crippen LogP contribution in [0, 0.1) is 18.3 Å². The molecule has 0 heteroatoms. The van der Waals surface area contributed by atoms with Gasteiger partial charge in [-0.05, 0) is 118 Å². The van der Waals surface area contributed by atoms with Crippen LogP contribution in [0.2, 0.25) is 0 Å². The number of rotatable bonds is 12. The molecular weight excluding hydrogens is 468 g/mol. The van der Waals surface area contributed by atoms with Crippen molar-refractivity contribution in [3.05, 3.63) is 101 Å². The van der Waals surface area contributed by atoms with Crippen molar-refractivity contribution in [1.29, 1.82) is 0 Å². The van der Waals surface area contributed by atoms with E-state index in [2.05, 4.69) is 125 Å². The summed E-state index contributed by atoms with van der Waals surface area (Å²) in [5.41, 5.74) is 11.4. The summed E-state index contributed by atoms with van der Waals surface area (Å²) in [7, 11) is 0. The van der Waals surface area contributed by atoms with Crippen LogP contribution >= 0.6 is 0 Å². The van der Waals surface area contributed by atoms with E-state index in [9.17, 15) is 0 Å². The fourth-order valence-corrected chi connectivity index (χ4v) is 4.08. The summed E-state index contributed by atoms with van der Waals surface area (Å²) >= 11 is 0. The summed E-state index contributed by atoms with van der Waals surface area (Å²) < 4.78 is 0. The Kier molecular flexibility index (Phi) is 18.5. The minimum atomic E-state index is 0.542. The Morgan fingerprint density at radius 2 is 1.41 bits per heavy atom. The fourth-order valence-electron chi connectivity index (χ4n) is 4.08. The van der Waals surface area contributed by atoms with E-state index in [1.807, 2.05) is 6.92 Å². The molecule has 0 amide bonds. The zero-order valence-electron chi connectivity index (χ0n) is 27.6. The lowest BCUT2D eigenvalue weighted by Crippen LogP contribution is -2.08. The summed E-state index contributed by atoms with van der Waals surface area (Å²) in [6.45, 7) is 33.7. The second kappa shape index (κ2) is 19.7. The molecule has 0 N–H and O–H groups in total. The second-order valence-corrected chi connectivity index (χ2v) is 12.7. The lowest BCUT2D eigenvalue weighted by Gasteiger charge is -2.19. The maximum atomic E-state index is 4.20. The molecule has 0 saturated heterocycles. The molecule has 2 rings (SSSR count). The van der Waals surface area contributed by atoms with Gasteiger partial charge in [-0.15, -0.1) is 13.2 Å². The van der Waals surface area contributed by atoms with Crippen LogP contribution in [0.1, 0.15) is 129 Å². The van der Waals surface area contributed by atoms with Crippen molar-refractivity contribution >= 4 is 5.57 Å². The Balaban J connectivity index is 0.00000110. The van der Waals surface area contributed by atoms with Crippen molar-refractivity contribution in [2.75, 3.05) is 0 Å². The average molecular weight is 531 g/mol. The summed E-state index contributed by atoms with van der Waals surface area (Å²) in [6, 6.07) is 15.9. The van der Waals surface area contributed by atoms with Crippen LogP contribution in [0.25, 0.3) is 5.57 Å². The van der Waals surface area contributed by atoms with Crippen LogP contribution in [-0.4, -0.2) is 0 Å². The van der Waals surface area contributed by atoms with Gasteiger partial charge in [0.25, 0.3) is 0 Å². The predicted octanol–water partition coefficient (Wildman–Crippen LogP) is 12.5. The van der Waals surface area contributed by atoms with Crippen LogP contribution in [0.15, 0.2) is 73.3 Å². The quantitative estimate of drug-likeness (QED) is 0.239. The molecule has 39 heavy (non-hydrogen) atoms. The highest BCUT2D eigenvalue weighted by Gasteiger charge is 2.13. The topological polar surface area (TPSA) is 0 Å². The number of benzene rings is 2. The number of allylic oxidation sites excluding steroid dienone is 3. The van der Waals surface area contributed by atoms with Crippen LogP contribution in [0.4, 0.5) is 0 Å². The zero-order valence-corrected chi connectivity index (χ0v) is 27.6. The third-order valence-electron chi connectivity index (χ3n) is 7.50. The minimum Gasteiger partial charge on any atom is -0.100 e. The maximum Gasteiger partial charge on any atom is -0.0198 e. The Morgan fingerprint density at radius 1 is 0.821 bits per heavy atom. The van der Waals surface area contributed by atoms with E-state index in [4.69, 9.17) is 0 Å². The molecule has 0 radical (unpaired) electrons. The van der Waals surface area contributed by atoms with Crippen molar-refractivity contribution < 1.29 is 0 Å².